The molecular weight excluding hydrogens is 212 g/mol. The Morgan fingerprint density at radius 2 is 1.76 bits per heavy atom. The largest absolute Gasteiger partial charge is 0.374 e. The second-order valence-corrected chi connectivity index (χ2v) is 4.25. The molecule has 1 atom stereocenters. The number of carbonyl (C=O) groups excluding carboxylic acids is 1. The van der Waals surface area contributed by atoms with E-state index in [1.165, 1.54) is 0 Å². The van der Waals surface area contributed by atoms with Crippen molar-refractivity contribution in [2.45, 2.75) is 45.7 Å². The van der Waals surface area contributed by atoms with Crippen LogP contribution in [0.3, 0.4) is 0 Å². The van der Waals surface area contributed by atoms with Gasteiger partial charge in [-0.2, -0.15) is 0 Å². The average Bonchev–Trinajstić information content (AvgIpc) is 2.36. The summed E-state index contributed by atoms with van der Waals surface area (Å²) in [5, 5.41) is 6.22. The minimum Gasteiger partial charge on any atom is -0.374 e. The zero-order chi connectivity index (χ0) is 12.7. The summed E-state index contributed by atoms with van der Waals surface area (Å²) in [6, 6.07) is 9.85. The third-order valence-electron chi connectivity index (χ3n) is 2.88. The molecule has 3 heteroatoms. The molecule has 2 N–H and O–H groups in total. The lowest BCUT2D eigenvalue weighted by molar-refractivity contribution is -0.122. The first kappa shape index (κ1) is 13.6. The van der Waals surface area contributed by atoms with Gasteiger partial charge in [-0.3, -0.25) is 4.79 Å². The molecule has 0 saturated heterocycles. The summed E-state index contributed by atoms with van der Waals surface area (Å²) < 4.78 is 0. The molecule has 1 rings (SSSR count). The zero-order valence-electron chi connectivity index (χ0n) is 10.9. The maximum absolute atomic E-state index is 11.9. The van der Waals surface area contributed by atoms with Gasteiger partial charge in [0.1, 0.15) is 6.04 Å². The monoisotopic (exact) mass is 234 g/mol. The fourth-order valence-electron chi connectivity index (χ4n) is 1.67. The van der Waals surface area contributed by atoms with Gasteiger partial charge in [-0.1, -0.05) is 32.0 Å². The Hall–Kier alpha value is -1.51. The van der Waals surface area contributed by atoms with Gasteiger partial charge in [0, 0.05) is 11.7 Å². The Balaban J connectivity index is 2.47. The van der Waals surface area contributed by atoms with E-state index in [4.69, 9.17) is 0 Å². The maximum Gasteiger partial charge on any atom is 0.242 e. The van der Waals surface area contributed by atoms with E-state index < -0.39 is 0 Å². The number of hydrogen-bond acceptors (Lipinski definition) is 2. The van der Waals surface area contributed by atoms with E-state index in [0.29, 0.717) is 0 Å². The van der Waals surface area contributed by atoms with Crippen LogP contribution in [0.15, 0.2) is 30.3 Å². The van der Waals surface area contributed by atoms with Gasteiger partial charge in [-0.15, -0.1) is 0 Å². The topological polar surface area (TPSA) is 41.1 Å². The van der Waals surface area contributed by atoms with Gasteiger partial charge in [-0.05, 0) is 31.9 Å². The lowest BCUT2D eigenvalue weighted by atomic mass is 10.1. The number of rotatable bonds is 6. The molecule has 0 aliphatic heterocycles. The molecule has 0 radical (unpaired) electrons. The summed E-state index contributed by atoms with van der Waals surface area (Å²) in [6.45, 7) is 6.05. The normalized spacial score (nSPS) is 12.2. The van der Waals surface area contributed by atoms with Crippen molar-refractivity contribution in [1.29, 1.82) is 0 Å². The van der Waals surface area contributed by atoms with Gasteiger partial charge in [-0.25, -0.2) is 0 Å². The van der Waals surface area contributed by atoms with E-state index in [9.17, 15) is 4.79 Å². The minimum absolute atomic E-state index is 0.0579. The van der Waals surface area contributed by atoms with Crippen molar-refractivity contribution in [3.05, 3.63) is 30.3 Å². The predicted octanol–water partition coefficient (Wildman–Crippen LogP) is 2.79. The van der Waals surface area contributed by atoms with Gasteiger partial charge < -0.3 is 10.6 Å². The highest BCUT2D eigenvalue weighted by Crippen LogP contribution is 2.07. The Morgan fingerprint density at radius 1 is 1.18 bits per heavy atom. The second kappa shape index (κ2) is 6.94. The lowest BCUT2D eigenvalue weighted by Gasteiger charge is -2.19. The summed E-state index contributed by atoms with van der Waals surface area (Å²) >= 11 is 0. The fourth-order valence-corrected chi connectivity index (χ4v) is 1.67. The van der Waals surface area contributed by atoms with E-state index in [1.54, 1.807) is 0 Å². The van der Waals surface area contributed by atoms with Crippen LogP contribution in [0.4, 0.5) is 5.69 Å². The predicted molar refractivity (Wildman–Crippen MR) is 72.0 cm³/mol. The number of anilines is 1. The second-order valence-electron chi connectivity index (χ2n) is 4.25. The molecule has 1 unspecified atom stereocenters. The Labute approximate surface area is 104 Å². The standard InChI is InChI=1S/C14H22N2O/c1-4-12(5-2)16-14(17)11(3)15-13-9-7-6-8-10-13/h6-12,15H,4-5H2,1-3H3,(H,16,17). The van der Waals surface area contributed by atoms with Crippen molar-refractivity contribution in [2.75, 3.05) is 5.32 Å². The quantitative estimate of drug-likeness (QED) is 0.794. The van der Waals surface area contributed by atoms with E-state index >= 15 is 0 Å². The third kappa shape index (κ3) is 4.47. The Morgan fingerprint density at radius 3 is 2.29 bits per heavy atom. The number of amides is 1. The highest BCUT2D eigenvalue weighted by Gasteiger charge is 2.15. The smallest absolute Gasteiger partial charge is 0.242 e. The van der Waals surface area contributed by atoms with Crippen LogP contribution in [-0.4, -0.2) is 18.0 Å². The number of benzene rings is 1. The molecule has 17 heavy (non-hydrogen) atoms. The number of carbonyl (C=O) groups is 1. The molecule has 1 amide bonds. The Kier molecular flexibility index (Phi) is 5.53. The minimum atomic E-state index is -0.210. The molecule has 1 aromatic carbocycles. The van der Waals surface area contributed by atoms with Crippen molar-refractivity contribution >= 4 is 11.6 Å². The molecule has 0 aromatic heterocycles. The molecule has 94 valence electrons. The van der Waals surface area contributed by atoms with Gasteiger partial charge >= 0.3 is 0 Å². The van der Waals surface area contributed by atoms with Gasteiger partial charge in [0.2, 0.25) is 5.91 Å². The van der Waals surface area contributed by atoms with Crippen LogP contribution in [0.2, 0.25) is 0 Å². The van der Waals surface area contributed by atoms with Crippen molar-refractivity contribution < 1.29 is 4.79 Å². The fraction of sp³-hybridized carbons (Fsp3) is 0.500. The number of hydrogen-bond donors (Lipinski definition) is 2. The van der Waals surface area contributed by atoms with Crippen molar-refractivity contribution in [2.24, 2.45) is 0 Å². The molecule has 0 heterocycles. The first-order valence-electron chi connectivity index (χ1n) is 6.29. The molecule has 0 saturated carbocycles. The highest BCUT2D eigenvalue weighted by molar-refractivity contribution is 5.84. The molecule has 0 aliphatic carbocycles. The summed E-state index contributed by atoms with van der Waals surface area (Å²) in [5.74, 6) is 0.0579. The van der Waals surface area contributed by atoms with Crippen LogP contribution in [0, 0.1) is 0 Å². The van der Waals surface area contributed by atoms with Gasteiger partial charge in [0.05, 0.1) is 0 Å². The molecule has 0 bridgehead atoms. The first-order valence-corrected chi connectivity index (χ1v) is 6.29. The van der Waals surface area contributed by atoms with Crippen molar-refractivity contribution in [3.8, 4) is 0 Å². The summed E-state index contributed by atoms with van der Waals surface area (Å²) in [4.78, 5) is 11.9. The summed E-state index contributed by atoms with van der Waals surface area (Å²) in [7, 11) is 0. The SMILES string of the molecule is CCC(CC)NC(=O)C(C)Nc1ccccc1. The van der Waals surface area contributed by atoms with Gasteiger partial charge in [0.25, 0.3) is 0 Å². The van der Waals surface area contributed by atoms with Gasteiger partial charge in [0.15, 0.2) is 0 Å². The Bertz CT molecular complexity index is 333. The summed E-state index contributed by atoms with van der Waals surface area (Å²) in [5.41, 5.74) is 0.972. The van der Waals surface area contributed by atoms with Crippen LogP contribution < -0.4 is 10.6 Å². The van der Waals surface area contributed by atoms with E-state index in [-0.39, 0.29) is 18.0 Å². The first-order chi connectivity index (χ1) is 8.17. The van der Waals surface area contributed by atoms with Crippen LogP contribution >= 0.6 is 0 Å². The van der Waals surface area contributed by atoms with Crippen molar-refractivity contribution in [3.63, 3.8) is 0 Å². The lowest BCUT2D eigenvalue weighted by Crippen LogP contribution is -2.42. The maximum atomic E-state index is 11.9. The van der Waals surface area contributed by atoms with E-state index in [0.717, 1.165) is 18.5 Å². The number of para-hydroxylation sites is 1. The third-order valence-corrected chi connectivity index (χ3v) is 2.88. The highest BCUT2D eigenvalue weighted by atomic mass is 16.2. The van der Waals surface area contributed by atoms with Crippen molar-refractivity contribution in [1.82, 2.24) is 5.32 Å². The van der Waals surface area contributed by atoms with Crippen LogP contribution in [0.25, 0.3) is 0 Å². The average molecular weight is 234 g/mol. The molecule has 0 aliphatic rings. The number of nitrogens with one attached hydrogen (secondary N) is 2. The van der Waals surface area contributed by atoms with Crippen LogP contribution in [0.1, 0.15) is 33.6 Å². The van der Waals surface area contributed by atoms with E-state index in [1.807, 2.05) is 37.3 Å². The van der Waals surface area contributed by atoms with Crippen LogP contribution in [-0.2, 0) is 4.79 Å². The molecule has 3 nitrogen and oxygen atoms in total. The molecule has 0 fully saturated rings. The molecular formula is C14H22N2O. The summed E-state index contributed by atoms with van der Waals surface area (Å²) in [6.07, 6.45) is 1.95. The molecule has 1 aromatic rings. The zero-order valence-corrected chi connectivity index (χ0v) is 10.9. The van der Waals surface area contributed by atoms with Crippen LogP contribution in [0.5, 0.6) is 0 Å². The molecule has 0 spiro atoms. The van der Waals surface area contributed by atoms with E-state index in [2.05, 4.69) is 24.5 Å².